The van der Waals surface area contributed by atoms with Crippen LogP contribution in [0.5, 0.6) is 0 Å². The minimum atomic E-state index is -0.700. The average molecular weight is 210 g/mol. The lowest BCUT2D eigenvalue weighted by Gasteiger charge is -2.42. The molecule has 0 aromatic carbocycles. The van der Waals surface area contributed by atoms with E-state index in [1.807, 2.05) is 27.7 Å². The van der Waals surface area contributed by atoms with Crippen molar-refractivity contribution in [2.75, 3.05) is 0 Å². The second kappa shape index (κ2) is 3.08. The SMILES string of the molecule is CC(C)(O)[C@@H]1[C@@H](C(C)(C)O)[C@H]2C=C[C@@H]1C2. The van der Waals surface area contributed by atoms with Gasteiger partial charge in [0.2, 0.25) is 0 Å². The van der Waals surface area contributed by atoms with Crippen molar-refractivity contribution in [2.24, 2.45) is 23.7 Å². The van der Waals surface area contributed by atoms with Gasteiger partial charge in [0.1, 0.15) is 0 Å². The van der Waals surface area contributed by atoms with Gasteiger partial charge < -0.3 is 10.2 Å². The molecule has 2 aliphatic rings. The zero-order valence-corrected chi connectivity index (χ0v) is 10.1. The maximum absolute atomic E-state index is 10.2. The first-order valence-electron chi connectivity index (χ1n) is 5.84. The first-order valence-corrected chi connectivity index (χ1v) is 5.84. The minimum absolute atomic E-state index is 0.187. The van der Waals surface area contributed by atoms with Gasteiger partial charge in [0.05, 0.1) is 11.2 Å². The van der Waals surface area contributed by atoms with Gasteiger partial charge in [0, 0.05) is 0 Å². The summed E-state index contributed by atoms with van der Waals surface area (Å²) in [6.45, 7) is 7.46. The molecule has 0 aromatic rings. The Kier molecular flexibility index (Phi) is 2.29. The van der Waals surface area contributed by atoms with E-state index < -0.39 is 11.2 Å². The fourth-order valence-corrected chi connectivity index (χ4v) is 3.75. The Balaban J connectivity index is 2.33. The van der Waals surface area contributed by atoms with E-state index in [2.05, 4.69) is 12.2 Å². The van der Waals surface area contributed by atoms with Gasteiger partial charge in [-0.2, -0.15) is 0 Å². The highest BCUT2D eigenvalue weighted by Gasteiger charge is 2.54. The maximum Gasteiger partial charge on any atom is 0.0629 e. The average Bonchev–Trinajstić information content (AvgIpc) is 2.56. The number of hydrogen-bond donors (Lipinski definition) is 2. The number of aliphatic hydroxyl groups is 2. The highest BCUT2D eigenvalue weighted by molar-refractivity contribution is 5.18. The van der Waals surface area contributed by atoms with Crippen molar-refractivity contribution in [3.63, 3.8) is 0 Å². The summed E-state index contributed by atoms with van der Waals surface area (Å²) >= 11 is 0. The van der Waals surface area contributed by atoms with E-state index in [1.165, 1.54) is 0 Å². The molecule has 2 aliphatic carbocycles. The monoisotopic (exact) mass is 210 g/mol. The summed E-state index contributed by atoms with van der Waals surface area (Å²) in [7, 11) is 0. The summed E-state index contributed by atoms with van der Waals surface area (Å²) in [6, 6.07) is 0. The summed E-state index contributed by atoms with van der Waals surface area (Å²) in [5, 5.41) is 20.5. The van der Waals surface area contributed by atoms with Crippen molar-refractivity contribution in [1.29, 1.82) is 0 Å². The molecule has 0 saturated heterocycles. The zero-order valence-electron chi connectivity index (χ0n) is 10.1. The van der Waals surface area contributed by atoms with Crippen LogP contribution < -0.4 is 0 Å². The summed E-state index contributed by atoms with van der Waals surface area (Å²) < 4.78 is 0. The number of allylic oxidation sites excluding steroid dienone is 2. The second-order valence-corrected chi connectivity index (χ2v) is 6.31. The lowest BCUT2D eigenvalue weighted by atomic mass is 9.68. The van der Waals surface area contributed by atoms with Gasteiger partial charge in [-0.15, -0.1) is 0 Å². The van der Waals surface area contributed by atoms with Crippen LogP contribution in [0.4, 0.5) is 0 Å². The molecule has 4 atom stereocenters. The summed E-state index contributed by atoms with van der Waals surface area (Å²) in [6.07, 6.45) is 5.54. The minimum Gasteiger partial charge on any atom is -0.390 e. The number of rotatable bonds is 2. The molecule has 0 aromatic heterocycles. The quantitative estimate of drug-likeness (QED) is 0.684. The molecule has 2 heteroatoms. The van der Waals surface area contributed by atoms with Gasteiger partial charge in [-0.25, -0.2) is 0 Å². The molecular weight excluding hydrogens is 188 g/mol. The normalized spacial score (nSPS) is 40.1. The molecule has 0 aliphatic heterocycles. The lowest BCUT2D eigenvalue weighted by Crippen LogP contribution is -2.47. The van der Waals surface area contributed by atoms with Crippen LogP contribution in [-0.4, -0.2) is 21.4 Å². The summed E-state index contributed by atoms with van der Waals surface area (Å²) in [5.41, 5.74) is -1.40. The Hall–Kier alpha value is -0.340. The third-order valence-electron chi connectivity index (χ3n) is 4.09. The van der Waals surface area contributed by atoms with E-state index in [1.54, 1.807) is 0 Å². The van der Waals surface area contributed by atoms with Gasteiger partial charge >= 0.3 is 0 Å². The van der Waals surface area contributed by atoms with Crippen LogP contribution >= 0.6 is 0 Å². The molecule has 0 heterocycles. The van der Waals surface area contributed by atoms with Crippen LogP contribution in [0.2, 0.25) is 0 Å². The lowest BCUT2D eigenvalue weighted by molar-refractivity contribution is -0.0847. The third-order valence-corrected chi connectivity index (χ3v) is 4.09. The molecule has 0 spiro atoms. The molecule has 1 fully saturated rings. The van der Waals surface area contributed by atoms with Gasteiger partial charge in [-0.1, -0.05) is 12.2 Å². The van der Waals surface area contributed by atoms with Crippen molar-refractivity contribution in [1.82, 2.24) is 0 Å². The molecule has 2 N–H and O–H groups in total. The van der Waals surface area contributed by atoms with Crippen LogP contribution in [-0.2, 0) is 0 Å². The molecular formula is C13H22O2. The number of hydrogen-bond acceptors (Lipinski definition) is 2. The molecule has 86 valence electrons. The van der Waals surface area contributed by atoms with Crippen LogP contribution in [0.3, 0.4) is 0 Å². The predicted molar refractivity (Wildman–Crippen MR) is 60.3 cm³/mol. The van der Waals surface area contributed by atoms with Gasteiger partial charge in [0.15, 0.2) is 0 Å². The summed E-state index contributed by atoms with van der Waals surface area (Å²) in [5.74, 6) is 1.28. The zero-order chi connectivity index (χ0) is 11.4. The molecule has 15 heavy (non-hydrogen) atoms. The van der Waals surface area contributed by atoms with Crippen LogP contribution in [0.15, 0.2) is 12.2 Å². The summed E-state index contributed by atoms with van der Waals surface area (Å²) in [4.78, 5) is 0. The smallest absolute Gasteiger partial charge is 0.0629 e. The second-order valence-electron chi connectivity index (χ2n) is 6.31. The Labute approximate surface area is 92.0 Å². The molecule has 0 amide bonds. The fourth-order valence-electron chi connectivity index (χ4n) is 3.75. The molecule has 0 radical (unpaired) electrons. The standard InChI is InChI=1S/C13H22O2/c1-12(2,14)10-8-5-6-9(7-8)11(10)13(3,4)15/h5-6,8-11,14-15H,7H2,1-4H3/t8-,9+,10-,11-/m0/s1. The molecule has 1 saturated carbocycles. The fraction of sp³-hybridized carbons (Fsp3) is 0.846. The Morgan fingerprint density at radius 1 is 0.867 bits per heavy atom. The van der Waals surface area contributed by atoms with Gasteiger partial charge in [-0.3, -0.25) is 0 Å². The van der Waals surface area contributed by atoms with Crippen LogP contribution in [0.1, 0.15) is 34.1 Å². The van der Waals surface area contributed by atoms with Crippen LogP contribution in [0, 0.1) is 23.7 Å². The number of fused-ring (bicyclic) bond motifs is 2. The third kappa shape index (κ3) is 1.74. The molecule has 2 rings (SSSR count). The molecule has 2 nitrogen and oxygen atoms in total. The van der Waals surface area contributed by atoms with E-state index in [0.717, 1.165) is 6.42 Å². The van der Waals surface area contributed by atoms with E-state index >= 15 is 0 Å². The van der Waals surface area contributed by atoms with E-state index in [-0.39, 0.29) is 11.8 Å². The van der Waals surface area contributed by atoms with Crippen molar-refractivity contribution < 1.29 is 10.2 Å². The van der Waals surface area contributed by atoms with E-state index in [0.29, 0.717) is 11.8 Å². The first-order chi connectivity index (χ1) is 6.71. The Morgan fingerprint density at radius 3 is 1.47 bits per heavy atom. The van der Waals surface area contributed by atoms with Gasteiger partial charge in [0.25, 0.3) is 0 Å². The van der Waals surface area contributed by atoms with E-state index in [9.17, 15) is 10.2 Å². The van der Waals surface area contributed by atoms with Gasteiger partial charge in [-0.05, 0) is 57.8 Å². The Morgan fingerprint density at radius 2 is 1.20 bits per heavy atom. The molecule has 0 unspecified atom stereocenters. The predicted octanol–water partition coefficient (Wildman–Crippen LogP) is 1.97. The van der Waals surface area contributed by atoms with Crippen molar-refractivity contribution in [2.45, 2.75) is 45.3 Å². The van der Waals surface area contributed by atoms with Crippen molar-refractivity contribution in [3.8, 4) is 0 Å². The first kappa shape index (κ1) is 11.2. The van der Waals surface area contributed by atoms with Crippen molar-refractivity contribution >= 4 is 0 Å². The maximum atomic E-state index is 10.2. The van der Waals surface area contributed by atoms with Crippen molar-refractivity contribution in [3.05, 3.63) is 12.2 Å². The topological polar surface area (TPSA) is 40.5 Å². The van der Waals surface area contributed by atoms with E-state index in [4.69, 9.17) is 0 Å². The highest BCUT2D eigenvalue weighted by atomic mass is 16.3. The van der Waals surface area contributed by atoms with Crippen LogP contribution in [0.25, 0.3) is 0 Å². The largest absolute Gasteiger partial charge is 0.390 e. The molecule has 2 bridgehead atoms. The Bertz CT molecular complexity index is 252. The highest BCUT2D eigenvalue weighted by Crippen LogP contribution is 2.55.